The second-order valence-corrected chi connectivity index (χ2v) is 10.3. The Hall–Kier alpha value is -4.50. The fraction of sp³-hybridized carbons (Fsp3) is 0.312. The number of para-hydroxylation sites is 1. The van der Waals surface area contributed by atoms with Gasteiger partial charge in [0.2, 0.25) is 5.89 Å². The van der Waals surface area contributed by atoms with Crippen molar-refractivity contribution < 1.29 is 9.15 Å². The number of nitrogens with zero attached hydrogens (tertiary/aromatic N) is 4. The van der Waals surface area contributed by atoms with Crippen LogP contribution in [0.3, 0.4) is 0 Å². The van der Waals surface area contributed by atoms with E-state index in [0.29, 0.717) is 23.1 Å². The Morgan fingerprint density at radius 1 is 1.24 bits per heavy atom. The number of nitrogens with one attached hydrogen (secondary N) is 2. The van der Waals surface area contributed by atoms with Gasteiger partial charge in [-0.1, -0.05) is 24.3 Å². The van der Waals surface area contributed by atoms with Crippen molar-refractivity contribution in [3.63, 3.8) is 0 Å². The Morgan fingerprint density at radius 2 is 2.10 bits per heavy atom. The Balaban J connectivity index is 1.57. The molecule has 0 saturated heterocycles. The molecule has 5 rings (SSSR count). The first kappa shape index (κ1) is 28.0. The number of hydrogen-bond acceptors (Lipinski definition) is 8. The number of anilines is 3. The summed E-state index contributed by atoms with van der Waals surface area (Å²) in [5, 5.41) is 7.98. The maximum atomic E-state index is 6.44. The molecule has 9 heteroatoms. The van der Waals surface area contributed by atoms with Gasteiger partial charge in [0, 0.05) is 36.7 Å². The summed E-state index contributed by atoms with van der Waals surface area (Å²) in [7, 11) is 5.73. The van der Waals surface area contributed by atoms with Gasteiger partial charge >= 0.3 is 0 Å². The number of aryl methyl sites for hydroxylation is 2. The number of nitrogen functional groups attached to an aromatic ring is 1. The van der Waals surface area contributed by atoms with Crippen LogP contribution in [0.2, 0.25) is 0 Å². The molecule has 0 amide bonds. The van der Waals surface area contributed by atoms with Gasteiger partial charge in [-0.2, -0.15) is 0 Å². The van der Waals surface area contributed by atoms with Gasteiger partial charge in [0.1, 0.15) is 23.5 Å². The highest BCUT2D eigenvalue weighted by Crippen LogP contribution is 2.39. The van der Waals surface area contributed by atoms with E-state index in [0.717, 1.165) is 66.2 Å². The number of ether oxygens (including phenoxy) is 1. The zero-order valence-electron chi connectivity index (χ0n) is 24.5. The summed E-state index contributed by atoms with van der Waals surface area (Å²) in [6.45, 7) is 6.51. The lowest BCUT2D eigenvalue weighted by Gasteiger charge is -2.18. The molecule has 0 fully saturated rings. The fourth-order valence-electron chi connectivity index (χ4n) is 5.36. The zero-order chi connectivity index (χ0) is 28.9. The van der Waals surface area contributed by atoms with Gasteiger partial charge in [-0.25, -0.2) is 9.98 Å². The summed E-state index contributed by atoms with van der Waals surface area (Å²) < 4.78 is 13.9. The van der Waals surface area contributed by atoms with Crippen LogP contribution in [0.5, 0.6) is 5.75 Å². The molecule has 41 heavy (non-hydrogen) atoms. The molecule has 214 valence electrons. The van der Waals surface area contributed by atoms with Crippen molar-refractivity contribution in [2.75, 3.05) is 50.7 Å². The molecule has 2 aromatic carbocycles. The molecule has 3 heterocycles. The number of aliphatic imine (C=N–C) groups is 1. The van der Waals surface area contributed by atoms with Crippen LogP contribution in [0.1, 0.15) is 31.4 Å². The first-order valence-electron chi connectivity index (χ1n) is 14.0. The fourth-order valence-corrected chi connectivity index (χ4v) is 5.36. The molecule has 0 aliphatic carbocycles. The summed E-state index contributed by atoms with van der Waals surface area (Å²) in [5.74, 6) is 1.92. The highest BCUT2D eigenvalue weighted by atomic mass is 16.5. The third-order valence-corrected chi connectivity index (χ3v) is 7.23. The second kappa shape index (κ2) is 12.3. The molecule has 2 aromatic heterocycles. The van der Waals surface area contributed by atoms with Crippen LogP contribution in [0.15, 0.2) is 76.3 Å². The molecule has 1 aliphatic heterocycles. The number of aromatic nitrogens is 2. The molecule has 0 spiro atoms. The zero-order valence-corrected chi connectivity index (χ0v) is 24.5. The SMILES string of the molecule is C\C=C/C(=N\C(=C/C)Nc1cc(N)c(NCCN(C)C)cc1OC)c1c(-c2ncco2)n2c3c(cccc13)CCC2. The van der Waals surface area contributed by atoms with Crippen molar-refractivity contribution in [2.45, 2.75) is 33.2 Å². The minimum Gasteiger partial charge on any atom is -0.494 e. The van der Waals surface area contributed by atoms with Gasteiger partial charge in [-0.15, -0.1) is 0 Å². The minimum atomic E-state index is 0.586. The number of hydrogen-bond donors (Lipinski definition) is 3. The summed E-state index contributed by atoms with van der Waals surface area (Å²) >= 11 is 0. The average Bonchev–Trinajstić information content (AvgIpc) is 3.61. The highest BCUT2D eigenvalue weighted by Gasteiger charge is 2.27. The van der Waals surface area contributed by atoms with E-state index in [-0.39, 0.29) is 0 Å². The number of benzene rings is 2. The topological polar surface area (TPSA) is 106 Å². The number of methoxy groups -OCH3 is 1. The smallest absolute Gasteiger partial charge is 0.243 e. The van der Waals surface area contributed by atoms with Crippen LogP contribution >= 0.6 is 0 Å². The Kier molecular flexibility index (Phi) is 8.45. The number of likely N-dealkylation sites (N-methyl/N-ethyl adjacent to an activating group) is 1. The quantitative estimate of drug-likeness (QED) is 0.151. The summed E-state index contributed by atoms with van der Waals surface area (Å²) in [5.41, 5.74) is 13.9. The van der Waals surface area contributed by atoms with Crippen LogP contribution in [0.4, 0.5) is 17.1 Å². The molecular formula is C32H39N7O2. The van der Waals surface area contributed by atoms with Gasteiger partial charge in [0.25, 0.3) is 0 Å². The predicted octanol–water partition coefficient (Wildman–Crippen LogP) is 6.15. The normalized spacial score (nSPS) is 13.9. The van der Waals surface area contributed by atoms with Crippen LogP contribution < -0.4 is 21.1 Å². The van der Waals surface area contributed by atoms with Gasteiger partial charge in [-0.05, 0) is 64.6 Å². The minimum absolute atomic E-state index is 0.586. The van der Waals surface area contributed by atoms with Gasteiger partial charge < -0.3 is 35.0 Å². The molecule has 1 aliphatic rings. The van der Waals surface area contributed by atoms with Crippen molar-refractivity contribution in [1.82, 2.24) is 14.5 Å². The number of nitrogens with two attached hydrogens (primary N) is 1. The van der Waals surface area contributed by atoms with Crippen LogP contribution in [-0.4, -0.2) is 54.5 Å². The van der Waals surface area contributed by atoms with Crippen molar-refractivity contribution >= 4 is 33.7 Å². The molecule has 0 bridgehead atoms. The first-order valence-corrected chi connectivity index (χ1v) is 14.0. The van der Waals surface area contributed by atoms with Crippen molar-refractivity contribution in [2.24, 2.45) is 4.99 Å². The third-order valence-electron chi connectivity index (χ3n) is 7.23. The van der Waals surface area contributed by atoms with Crippen LogP contribution in [0, 0.1) is 0 Å². The number of allylic oxidation sites excluding steroid dienone is 3. The van der Waals surface area contributed by atoms with Crippen molar-refractivity contribution in [3.05, 3.63) is 78.0 Å². The molecule has 0 atom stereocenters. The highest BCUT2D eigenvalue weighted by molar-refractivity contribution is 6.21. The standard InChI is InChI=1S/C32H39N7O2/c1-6-10-24(29-22-13-8-11-21-12-9-16-39(30(21)22)31(29)32-35-15-18-41-32)36-28(7-2)37-26-19-23(33)25(20-27(26)40-5)34-14-17-38(3)4/h6-8,10-11,13,15,18-20,34,37H,9,12,14,16-17,33H2,1-5H3/b10-6-,28-7+,36-24+. The van der Waals surface area contributed by atoms with E-state index in [1.54, 1.807) is 19.6 Å². The summed E-state index contributed by atoms with van der Waals surface area (Å²) in [6.07, 6.45) is 11.4. The van der Waals surface area contributed by atoms with Gasteiger partial charge in [0.05, 0.1) is 41.6 Å². The molecule has 4 aromatic rings. The van der Waals surface area contributed by atoms with E-state index in [4.69, 9.17) is 19.9 Å². The average molecular weight is 554 g/mol. The number of oxazole rings is 1. The van der Waals surface area contributed by atoms with Crippen molar-refractivity contribution in [1.29, 1.82) is 0 Å². The Labute approximate surface area is 241 Å². The van der Waals surface area contributed by atoms with E-state index in [1.807, 2.05) is 58.3 Å². The number of rotatable bonds is 11. The van der Waals surface area contributed by atoms with E-state index >= 15 is 0 Å². The Morgan fingerprint density at radius 3 is 2.80 bits per heavy atom. The summed E-state index contributed by atoms with van der Waals surface area (Å²) in [6, 6.07) is 10.3. The van der Waals surface area contributed by atoms with Crippen LogP contribution in [-0.2, 0) is 13.0 Å². The largest absolute Gasteiger partial charge is 0.494 e. The van der Waals surface area contributed by atoms with E-state index in [1.165, 1.54) is 11.1 Å². The van der Waals surface area contributed by atoms with E-state index in [9.17, 15) is 0 Å². The van der Waals surface area contributed by atoms with Crippen molar-refractivity contribution in [3.8, 4) is 17.3 Å². The van der Waals surface area contributed by atoms with Gasteiger partial charge in [0.15, 0.2) is 0 Å². The predicted molar refractivity (Wildman–Crippen MR) is 169 cm³/mol. The lowest BCUT2D eigenvalue weighted by molar-refractivity contribution is 0.416. The third kappa shape index (κ3) is 5.71. The maximum absolute atomic E-state index is 6.44. The molecule has 4 N–H and O–H groups in total. The second-order valence-electron chi connectivity index (χ2n) is 10.3. The first-order chi connectivity index (χ1) is 19.9. The monoisotopic (exact) mass is 553 g/mol. The lowest BCUT2D eigenvalue weighted by Crippen LogP contribution is -2.21. The van der Waals surface area contributed by atoms with E-state index in [2.05, 4.69) is 43.3 Å². The summed E-state index contributed by atoms with van der Waals surface area (Å²) in [4.78, 5) is 11.8. The molecule has 9 nitrogen and oxygen atoms in total. The Bertz CT molecular complexity index is 1610. The molecule has 0 radical (unpaired) electrons. The maximum Gasteiger partial charge on any atom is 0.243 e. The van der Waals surface area contributed by atoms with Gasteiger partial charge in [-0.3, -0.25) is 0 Å². The molecule has 0 unspecified atom stereocenters. The van der Waals surface area contributed by atoms with Crippen LogP contribution in [0.25, 0.3) is 22.5 Å². The van der Waals surface area contributed by atoms with E-state index < -0.39 is 0 Å². The lowest BCUT2D eigenvalue weighted by atomic mass is 10.0. The molecular weight excluding hydrogens is 514 g/mol. The molecule has 0 saturated carbocycles.